The molecule has 2 heterocycles. The fraction of sp³-hybridized carbons (Fsp3) is 0.348. The van der Waals surface area contributed by atoms with Gasteiger partial charge < -0.3 is 15.5 Å². The molecule has 0 atom stereocenters. The molecule has 1 aromatic heterocycles. The Labute approximate surface area is 183 Å². The van der Waals surface area contributed by atoms with Gasteiger partial charge in [0.15, 0.2) is 0 Å². The van der Waals surface area contributed by atoms with Crippen LogP contribution >= 0.6 is 0 Å². The Balaban J connectivity index is 1.39. The number of anilines is 3. The highest BCUT2D eigenvalue weighted by molar-refractivity contribution is 5.48. The smallest absolute Gasteiger partial charge is 0.351 e. The Hall–Kier alpha value is -3.36. The first-order valence-electron chi connectivity index (χ1n) is 10.6. The molecule has 0 saturated heterocycles. The zero-order valence-electron chi connectivity index (χ0n) is 17.4. The van der Waals surface area contributed by atoms with Crippen LogP contribution in [0.1, 0.15) is 22.3 Å². The van der Waals surface area contributed by atoms with Crippen molar-refractivity contribution >= 4 is 17.8 Å². The minimum absolute atomic E-state index is 0.0794. The third-order valence-electron chi connectivity index (χ3n) is 5.87. The van der Waals surface area contributed by atoms with E-state index in [0.717, 1.165) is 19.3 Å². The molecule has 3 aromatic rings. The van der Waals surface area contributed by atoms with Crippen LogP contribution in [0, 0.1) is 0 Å². The van der Waals surface area contributed by atoms with Gasteiger partial charge in [-0.2, -0.15) is 28.1 Å². The van der Waals surface area contributed by atoms with E-state index in [1.807, 2.05) is 29.2 Å². The van der Waals surface area contributed by atoms with Crippen LogP contribution in [0.5, 0.6) is 0 Å². The van der Waals surface area contributed by atoms with Gasteiger partial charge in [0.2, 0.25) is 17.8 Å². The Kier molecular flexibility index (Phi) is 5.32. The summed E-state index contributed by atoms with van der Waals surface area (Å²) < 4.78 is 38.3. The average Bonchev–Trinajstić information content (AvgIpc) is 3.19. The van der Waals surface area contributed by atoms with Crippen molar-refractivity contribution in [3.63, 3.8) is 0 Å². The monoisotopic (exact) mass is 440 g/mol. The van der Waals surface area contributed by atoms with E-state index in [0.29, 0.717) is 19.0 Å². The van der Waals surface area contributed by atoms with Gasteiger partial charge in [-0.05, 0) is 41.5 Å². The summed E-state index contributed by atoms with van der Waals surface area (Å²) in [6, 6.07) is 16.4. The Morgan fingerprint density at radius 1 is 0.844 bits per heavy atom. The van der Waals surface area contributed by atoms with Gasteiger partial charge in [-0.25, -0.2) is 0 Å². The van der Waals surface area contributed by atoms with E-state index in [4.69, 9.17) is 0 Å². The molecule has 1 aliphatic heterocycles. The van der Waals surface area contributed by atoms with E-state index < -0.39 is 12.7 Å². The zero-order chi connectivity index (χ0) is 22.1. The summed E-state index contributed by atoms with van der Waals surface area (Å²) in [5.74, 6) is 0.581. The van der Waals surface area contributed by atoms with Crippen LogP contribution in [0.15, 0.2) is 48.5 Å². The van der Waals surface area contributed by atoms with Gasteiger partial charge in [-0.15, -0.1) is 0 Å². The summed E-state index contributed by atoms with van der Waals surface area (Å²) in [4.78, 5) is 15.1. The molecule has 32 heavy (non-hydrogen) atoms. The van der Waals surface area contributed by atoms with E-state index in [1.165, 1.54) is 22.3 Å². The van der Waals surface area contributed by atoms with Crippen LogP contribution in [-0.2, 0) is 25.8 Å². The minimum Gasteiger partial charge on any atom is -0.351 e. The summed E-state index contributed by atoms with van der Waals surface area (Å²) in [6.45, 7) is 0.0921. The number of benzene rings is 2. The van der Waals surface area contributed by atoms with E-state index in [9.17, 15) is 13.2 Å². The lowest BCUT2D eigenvalue weighted by Crippen LogP contribution is -2.33. The Morgan fingerprint density at radius 2 is 1.47 bits per heavy atom. The second-order valence-corrected chi connectivity index (χ2v) is 8.21. The quantitative estimate of drug-likeness (QED) is 0.626. The highest BCUT2D eigenvalue weighted by Gasteiger charge is 2.28. The van der Waals surface area contributed by atoms with Gasteiger partial charge in [-0.1, -0.05) is 48.5 Å². The first-order valence-corrected chi connectivity index (χ1v) is 10.6. The zero-order valence-corrected chi connectivity index (χ0v) is 17.4. The van der Waals surface area contributed by atoms with Gasteiger partial charge in [0, 0.05) is 19.1 Å². The molecule has 2 aliphatic rings. The van der Waals surface area contributed by atoms with Crippen LogP contribution in [0.3, 0.4) is 0 Å². The molecular formula is C23H23F3N6. The van der Waals surface area contributed by atoms with Crippen LogP contribution in [0.25, 0.3) is 0 Å². The van der Waals surface area contributed by atoms with Crippen molar-refractivity contribution in [1.29, 1.82) is 0 Å². The Bertz CT molecular complexity index is 1090. The number of aromatic nitrogens is 3. The van der Waals surface area contributed by atoms with E-state index in [2.05, 4.69) is 49.9 Å². The maximum atomic E-state index is 12.8. The summed E-state index contributed by atoms with van der Waals surface area (Å²) in [5.41, 5.74) is 4.98. The maximum Gasteiger partial charge on any atom is 0.405 e. The second-order valence-electron chi connectivity index (χ2n) is 8.21. The molecule has 2 aromatic carbocycles. The summed E-state index contributed by atoms with van der Waals surface area (Å²) in [7, 11) is 0. The van der Waals surface area contributed by atoms with Crippen LogP contribution in [-0.4, -0.2) is 40.3 Å². The average molecular weight is 440 g/mol. The molecule has 0 bridgehead atoms. The lowest BCUT2D eigenvalue weighted by Gasteiger charge is -2.29. The molecule has 166 valence electrons. The molecule has 0 fully saturated rings. The fourth-order valence-corrected chi connectivity index (χ4v) is 4.34. The van der Waals surface area contributed by atoms with Crippen LogP contribution in [0.4, 0.5) is 31.0 Å². The van der Waals surface area contributed by atoms with Crippen molar-refractivity contribution in [2.75, 3.05) is 28.6 Å². The number of rotatable bonds is 5. The van der Waals surface area contributed by atoms with Gasteiger partial charge in [0.05, 0.1) is 0 Å². The topological polar surface area (TPSA) is 66.0 Å². The normalized spacial score (nSPS) is 15.9. The first-order chi connectivity index (χ1) is 15.4. The number of alkyl halides is 3. The second kappa shape index (κ2) is 8.29. The molecule has 0 amide bonds. The molecule has 0 spiro atoms. The molecule has 0 unspecified atom stereocenters. The van der Waals surface area contributed by atoms with Gasteiger partial charge >= 0.3 is 6.18 Å². The van der Waals surface area contributed by atoms with Gasteiger partial charge in [0.25, 0.3) is 0 Å². The van der Waals surface area contributed by atoms with E-state index >= 15 is 0 Å². The summed E-state index contributed by atoms with van der Waals surface area (Å²) in [5, 5.41) is 5.63. The van der Waals surface area contributed by atoms with Crippen LogP contribution < -0.4 is 15.5 Å². The summed E-state index contributed by atoms with van der Waals surface area (Å²) >= 11 is 0. The van der Waals surface area contributed by atoms with Crippen molar-refractivity contribution in [3.8, 4) is 0 Å². The molecule has 0 radical (unpaired) electrons. The highest BCUT2D eigenvalue weighted by atomic mass is 19.4. The van der Waals surface area contributed by atoms with Crippen molar-refractivity contribution in [1.82, 2.24) is 15.0 Å². The van der Waals surface area contributed by atoms with E-state index in [1.54, 1.807) is 0 Å². The first kappa shape index (κ1) is 20.5. The number of nitrogens with one attached hydrogen (secondary N) is 2. The Morgan fingerprint density at radius 3 is 2.16 bits per heavy atom. The standard InChI is InChI=1S/C23H23F3N6/c24-23(25,26)14-27-20-29-21(28-19-11-16-6-2-3-7-17(16)12-19)31-22(30-20)32-10-9-15-5-1-4-8-18(15)13-32/h1-8,19H,9-14H2,(H2,27,28,29,30,31). The predicted octanol–water partition coefficient (Wildman–Crippen LogP) is 3.99. The fourth-order valence-electron chi connectivity index (χ4n) is 4.34. The third-order valence-corrected chi connectivity index (χ3v) is 5.87. The molecule has 0 saturated carbocycles. The van der Waals surface area contributed by atoms with Gasteiger partial charge in [-0.3, -0.25) is 0 Å². The molecule has 5 rings (SSSR count). The highest BCUT2D eigenvalue weighted by Crippen LogP contribution is 2.26. The number of halogens is 3. The van der Waals surface area contributed by atoms with Crippen molar-refractivity contribution in [2.24, 2.45) is 0 Å². The van der Waals surface area contributed by atoms with Crippen molar-refractivity contribution < 1.29 is 13.2 Å². The molecule has 9 heteroatoms. The lowest BCUT2D eigenvalue weighted by molar-refractivity contribution is -0.115. The molecule has 6 nitrogen and oxygen atoms in total. The largest absolute Gasteiger partial charge is 0.405 e. The van der Waals surface area contributed by atoms with Crippen LogP contribution in [0.2, 0.25) is 0 Å². The number of fused-ring (bicyclic) bond motifs is 2. The number of nitrogens with zero attached hydrogens (tertiary/aromatic N) is 4. The van der Waals surface area contributed by atoms with Gasteiger partial charge in [0.1, 0.15) is 6.54 Å². The number of hydrogen-bond acceptors (Lipinski definition) is 6. The SMILES string of the molecule is FC(F)(F)CNc1nc(NC2Cc3ccccc3C2)nc(N2CCc3ccccc3C2)n1. The minimum atomic E-state index is -4.36. The molecule has 2 N–H and O–H groups in total. The van der Waals surface area contributed by atoms with Crippen molar-refractivity contribution in [3.05, 3.63) is 70.8 Å². The van der Waals surface area contributed by atoms with E-state index in [-0.39, 0.29) is 17.9 Å². The molecule has 1 aliphatic carbocycles. The summed E-state index contributed by atoms with van der Waals surface area (Å²) in [6.07, 6.45) is -1.90. The molecular weight excluding hydrogens is 417 g/mol. The maximum absolute atomic E-state index is 12.8. The lowest BCUT2D eigenvalue weighted by atomic mass is 10.0. The van der Waals surface area contributed by atoms with Crippen molar-refractivity contribution in [2.45, 2.75) is 38.0 Å². The number of hydrogen-bond donors (Lipinski definition) is 2. The predicted molar refractivity (Wildman–Crippen MR) is 117 cm³/mol. The third kappa shape index (κ3) is 4.61.